The van der Waals surface area contributed by atoms with Crippen LogP contribution in [0.25, 0.3) is 10.1 Å². The number of hydrogen-bond donors (Lipinski definition) is 1. The fourth-order valence-electron chi connectivity index (χ4n) is 3.11. The number of thiophene rings is 1. The fraction of sp³-hybridized carbons (Fsp3) is 0.353. The molecule has 0 radical (unpaired) electrons. The Balaban J connectivity index is 1.43. The molecule has 0 aliphatic heterocycles. The molecule has 21 heavy (non-hydrogen) atoms. The van der Waals surface area contributed by atoms with Crippen LogP contribution in [0.4, 0.5) is 5.69 Å². The van der Waals surface area contributed by atoms with Crippen molar-refractivity contribution in [2.75, 3.05) is 5.32 Å². The Hall–Kier alpha value is -1.81. The molecule has 1 aliphatic carbocycles. The highest BCUT2D eigenvalue weighted by Crippen LogP contribution is 2.29. The van der Waals surface area contributed by atoms with Gasteiger partial charge in [0.2, 0.25) is 0 Å². The molecule has 2 aromatic heterocycles. The highest BCUT2D eigenvalue weighted by molar-refractivity contribution is 7.17. The quantitative estimate of drug-likeness (QED) is 0.748. The number of rotatable bonds is 4. The van der Waals surface area contributed by atoms with Crippen molar-refractivity contribution in [3.63, 3.8) is 0 Å². The maximum Gasteiger partial charge on any atom is 0.0815 e. The van der Waals surface area contributed by atoms with Crippen molar-refractivity contribution in [2.24, 2.45) is 0 Å². The van der Waals surface area contributed by atoms with E-state index in [4.69, 9.17) is 5.10 Å². The topological polar surface area (TPSA) is 29.9 Å². The molecule has 4 rings (SSSR count). The molecule has 1 N–H and O–H groups in total. The maximum absolute atomic E-state index is 4.72. The van der Waals surface area contributed by atoms with Crippen molar-refractivity contribution in [1.29, 1.82) is 0 Å². The molecule has 3 nitrogen and oxygen atoms in total. The fourth-order valence-corrected chi connectivity index (χ4v) is 3.88. The van der Waals surface area contributed by atoms with Gasteiger partial charge in [-0.3, -0.25) is 4.68 Å². The van der Waals surface area contributed by atoms with Crippen LogP contribution < -0.4 is 5.32 Å². The van der Waals surface area contributed by atoms with Crippen molar-refractivity contribution < 1.29 is 0 Å². The summed E-state index contributed by atoms with van der Waals surface area (Å²) in [5.74, 6) is 0. The minimum absolute atomic E-state index is 0.626. The molecule has 0 saturated heterocycles. The smallest absolute Gasteiger partial charge is 0.0815 e. The lowest BCUT2D eigenvalue weighted by atomic mass is 10.2. The van der Waals surface area contributed by atoms with Crippen LogP contribution in [0.3, 0.4) is 0 Å². The maximum atomic E-state index is 4.72. The number of nitrogens with zero attached hydrogens (tertiary/aromatic N) is 2. The number of hydrogen-bond acceptors (Lipinski definition) is 3. The Morgan fingerprint density at radius 1 is 1.19 bits per heavy atom. The molecular formula is C17H19N3S. The SMILES string of the molecule is c1cc2cc(NCc3ccn(C4CCCC4)n3)ccc2s1. The van der Waals surface area contributed by atoms with E-state index in [9.17, 15) is 0 Å². The number of nitrogens with one attached hydrogen (secondary N) is 1. The summed E-state index contributed by atoms with van der Waals surface area (Å²) in [6.45, 7) is 0.787. The van der Waals surface area contributed by atoms with Gasteiger partial charge in [-0.15, -0.1) is 11.3 Å². The van der Waals surface area contributed by atoms with Crippen molar-refractivity contribution >= 4 is 27.1 Å². The van der Waals surface area contributed by atoms with Crippen LogP contribution in [0.5, 0.6) is 0 Å². The van der Waals surface area contributed by atoms with Crippen LogP contribution in [-0.2, 0) is 6.54 Å². The molecule has 1 aliphatic rings. The van der Waals surface area contributed by atoms with Gasteiger partial charge in [0.15, 0.2) is 0 Å². The monoisotopic (exact) mass is 297 g/mol. The summed E-state index contributed by atoms with van der Waals surface area (Å²) in [7, 11) is 0. The first-order chi connectivity index (χ1) is 10.4. The van der Waals surface area contributed by atoms with E-state index in [0.717, 1.165) is 17.9 Å². The van der Waals surface area contributed by atoms with Gasteiger partial charge in [-0.2, -0.15) is 5.10 Å². The van der Waals surface area contributed by atoms with Gasteiger partial charge in [0.25, 0.3) is 0 Å². The van der Waals surface area contributed by atoms with E-state index < -0.39 is 0 Å². The highest BCUT2D eigenvalue weighted by Gasteiger charge is 2.17. The Labute approximate surface area is 128 Å². The molecule has 1 fully saturated rings. The van der Waals surface area contributed by atoms with Gasteiger partial charge in [0.05, 0.1) is 18.3 Å². The summed E-state index contributed by atoms with van der Waals surface area (Å²) in [6.07, 6.45) is 7.39. The third-order valence-electron chi connectivity index (χ3n) is 4.29. The zero-order chi connectivity index (χ0) is 14.1. The van der Waals surface area contributed by atoms with E-state index in [2.05, 4.69) is 51.9 Å². The van der Waals surface area contributed by atoms with Crippen molar-refractivity contribution in [2.45, 2.75) is 38.3 Å². The summed E-state index contributed by atoms with van der Waals surface area (Å²) in [5, 5.41) is 11.6. The summed E-state index contributed by atoms with van der Waals surface area (Å²) in [4.78, 5) is 0. The predicted octanol–water partition coefficient (Wildman–Crippen LogP) is 4.83. The van der Waals surface area contributed by atoms with E-state index in [0.29, 0.717) is 6.04 Å². The number of benzene rings is 1. The Bertz CT molecular complexity index is 737. The summed E-state index contributed by atoms with van der Waals surface area (Å²) in [6, 6.07) is 11.5. The molecule has 3 aromatic rings. The van der Waals surface area contributed by atoms with Gasteiger partial charge in [0.1, 0.15) is 0 Å². The van der Waals surface area contributed by atoms with Crippen LogP contribution >= 0.6 is 11.3 Å². The second kappa shape index (κ2) is 5.53. The van der Waals surface area contributed by atoms with E-state index in [1.165, 1.54) is 35.8 Å². The van der Waals surface area contributed by atoms with Gasteiger partial charge in [0, 0.05) is 16.6 Å². The molecule has 0 amide bonds. The van der Waals surface area contributed by atoms with Crippen LogP contribution in [0.2, 0.25) is 0 Å². The molecule has 0 bridgehead atoms. The molecule has 2 heterocycles. The van der Waals surface area contributed by atoms with Gasteiger partial charge >= 0.3 is 0 Å². The third kappa shape index (κ3) is 2.68. The van der Waals surface area contributed by atoms with Gasteiger partial charge in [-0.25, -0.2) is 0 Å². The Morgan fingerprint density at radius 2 is 2.10 bits per heavy atom. The number of aromatic nitrogens is 2. The van der Waals surface area contributed by atoms with E-state index in [1.54, 1.807) is 11.3 Å². The zero-order valence-corrected chi connectivity index (χ0v) is 12.8. The lowest BCUT2D eigenvalue weighted by Crippen LogP contribution is -2.07. The third-order valence-corrected chi connectivity index (χ3v) is 5.19. The van der Waals surface area contributed by atoms with Gasteiger partial charge in [-0.05, 0) is 53.9 Å². The predicted molar refractivity (Wildman–Crippen MR) is 88.9 cm³/mol. The molecule has 108 valence electrons. The first-order valence-electron chi connectivity index (χ1n) is 7.64. The summed E-state index contributed by atoms with van der Waals surface area (Å²) < 4.78 is 3.50. The van der Waals surface area contributed by atoms with Crippen molar-refractivity contribution in [1.82, 2.24) is 9.78 Å². The largest absolute Gasteiger partial charge is 0.379 e. The molecular weight excluding hydrogens is 278 g/mol. The van der Waals surface area contributed by atoms with E-state index >= 15 is 0 Å². The number of anilines is 1. The average Bonchev–Trinajstić information content (AvgIpc) is 3.24. The van der Waals surface area contributed by atoms with E-state index in [1.807, 2.05) is 0 Å². The average molecular weight is 297 g/mol. The molecule has 1 aromatic carbocycles. The number of fused-ring (bicyclic) bond motifs is 1. The Kier molecular flexibility index (Phi) is 3.39. The standard InChI is InChI=1S/C17H19N3S/c1-2-4-16(3-1)20-9-7-15(19-20)12-18-14-5-6-17-13(11-14)8-10-21-17/h5-11,16,18H,1-4,12H2. The van der Waals surface area contributed by atoms with Crippen molar-refractivity contribution in [3.8, 4) is 0 Å². The van der Waals surface area contributed by atoms with Crippen molar-refractivity contribution in [3.05, 3.63) is 47.6 Å². The van der Waals surface area contributed by atoms with Crippen LogP contribution in [0.1, 0.15) is 37.4 Å². The molecule has 1 saturated carbocycles. The molecule has 0 atom stereocenters. The minimum Gasteiger partial charge on any atom is -0.379 e. The zero-order valence-electron chi connectivity index (χ0n) is 12.0. The van der Waals surface area contributed by atoms with Crippen LogP contribution in [0.15, 0.2) is 41.9 Å². The minimum atomic E-state index is 0.626. The first-order valence-corrected chi connectivity index (χ1v) is 8.52. The van der Waals surface area contributed by atoms with Gasteiger partial charge in [-0.1, -0.05) is 12.8 Å². The van der Waals surface area contributed by atoms with Crippen LogP contribution in [0, 0.1) is 0 Å². The highest BCUT2D eigenvalue weighted by atomic mass is 32.1. The van der Waals surface area contributed by atoms with Gasteiger partial charge < -0.3 is 5.32 Å². The summed E-state index contributed by atoms with van der Waals surface area (Å²) in [5.41, 5.74) is 2.28. The lowest BCUT2D eigenvalue weighted by Gasteiger charge is -2.09. The Morgan fingerprint density at radius 3 is 3.00 bits per heavy atom. The van der Waals surface area contributed by atoms with E-state index in [-0.39, 0.29) is 0 Å². The normalized spacial score (nSPS) is 15.8. The first kappa shape index (κ1) is 12.9. The molecule has 4 heteroatoms. The second-order valence-corrected chi connectivity index (χ2v) is 6.70. The van der Waals surface area contributed by atoms with Crippen LogP contribution in [-0.4, -0.2) is 9.78 Å². The molecule has 0 unspecified atom stereocenters. The summed E-state index contributed by atoms with van der Waals surface area (Å²) >= 11 is 1.78. The molecule has 0 spiro atoms. The second-order valence-electron chi connectivity index (χ2n) is 5.75. The lowest BCUT2D eigenvalue weighted by molar-refractivity contribution is 0.463.